The molecule has 0 bridgehead atoms. The number of anilines is 2. The average Bonchev–Trinajstić information content (AvgIpc) is 2.37. The van der Waals surface area contributed by atoms with Gasteiger partial charge in [0.15, 0.2) is 0 Å². The van der Waals surface area contributed by atoms with Crippen LogP contribution in [0.5, 0.6) is 0 Å². The number of pyridine rings is 1. The summed E-state index contributed by atoms with van der Waals surface area (Å²) >= 11 is 0. The van der Waals surface area contributed by atoms with Gasteiger partial charge < -0.3 is 10.2 Å². The highest BCUT2D eigenvalue weighted by Crippen LogP contribution is 2.35. The second-order valence-electron chi connectivity index (χ2n) is 5.77. The zero-order valence-electron chi connectivity index (χ0n) is 13.4. The fraction of sp³-hybridized carbons (Fsp3) is 0.471. The highest BCUT2D eigenvalue weighted by Gasteiger charge is 2.15. The van der Waals surface area contributed by atoms with Crippen LogP contribution < -0.4 is 10.2 Å². The van der Waals surface area contributed by atoms with E-state index in [1.54, 1.807) is 0 Å². The van der Waals surface area contributed by atoms with Crippen LogP contribution >= 0.6 is 0 Å². The zero-order chi connectivity index (χ0) is 14.9. The number of rotatable bonds is 4. The molecule has 0 saturated heterocycles. The smallest absolute Gasteiger partial charge is 0.0727 e. The van der Waals surface area contributed by atoms with E-state index in [9.17, 15) is 0 Å². The summed E-state index contributed by atoms with van der Waals surface area (Å²) in [4.78, 5) is 6.91. The van der Waals surface area contributed by atoms with Crippen LogP contribution in [0.25, 0.3) is 10.9 Å². The van der Waals surface area contributed by atoms with Crippen LogP contribution in [0, 0.1) is 6.92 Å². The molecule has 0 fully saturated rings. The molecule has 108 valence electrons. The Hall–Kier alpha value is -1.77. The highest BCUT2D eigenvalue weighted by atomic mass is 15.1. The van der Waals surface area contributed by atoms with Gasteiger partial charge in [0.2, 0.25) is 0 Å². The maximum atomic E-state index is 4.78. The lowest BCUT2D eigenvalue weighted by Gasteiger charge is -2.20. The fourth-order valence-electron chi connectivity index (χ4n) is 2.74. The largest absolute Gasteiger partial charge is 0.384 e. The Morgan fingerprint density at radius 2 is 1.95 bits per heavy atom. The summed E-state index contributed by atoms with van der Waals surface area (Å²) in [6.45, 7) is 9.63. The molecule has 0 atom stereocenters. The van der Waals surface area contributed by atoms with E-state index in [2.05, 4.69) is 70.2 Å². The van der Waals surface area contributed by atoms with E-state index in [1.165, 1.54) is 22.3 Å². The number of benzene rings is 1. The predicted molar refractivity (Wildman–Crippen MR) is 89.1 cm³/mol. The number of aromatic nitrogens is 1. The van der Waals surface area contributed by atoms with Gasteiger partial charge in [0.25, 0.3) is 0 Å². The maximum absolute atomic E-state index is 4.78. The third-order valence-electron chi connectivity index (χ3n) is 3.64. The Bertz CT molecular complexity index is 615. The summed E-state index contributed by atoms with van der Waals surface area (Å²) in [5, 5.41) is 4.76. The monoisotopic (exact) mass is 271 g/mol. The Morgan fingerprint density at radius 1 is 1.25 bits per heavy atom. The molecule has 2 aromatic rings. The van der Waals surface area contributed by atoms with E-state index in [1.807, 2.05) is 0 Å². The Kier molecular flexibility index (Phi) is 4.17. The van der Waals surface area contributed by atoms with Crippen molar-refractivity contribution in [3.05, 3.63) is 29.5 Å². The molecule has 1 N–H and O–H groups in total. The number of hydrogen-bond acceptors (Lipinski definition) is 3. The molecule has 1 aromatic carbocycles. The quantitative estimate of drug-likeness (QED) is 0.905. The summed E-state index contributed by atoms with van der Waals surface area (Å²) in [5.74, 6) is 0.462. The maximum Gasteiger partial charge on any atom is 0.0727 e. The number of hydrogen-bond donors (Lipinski definition) is 1. The summed E-state index contributed by atoms with van der Waals surface area (Å²) in [6, 6.07) is 6.47. The SMILES string of the molecule is CCNc1c(C(C)C)c(C)nc2ccc(N(C)C)cc12. The molecular weight excluding hydrogens is 246 g/mol. The van der Waals surface area contributed by atoms with Gasteiger partial charge in [-0.3, -0.25) is 4.98 Å². The minimum atomic E-state index is 0.462. The van der Waals surface area contributed by atoms with Crippen LogP contribution in [0.2, 0.25) is 0 Å². The van der Waals surface area contributed by atoms with Gasteiger partial charge in [0, 0.05) is 43.1 Å². The highest BCUT2D eigenvalue weighted by molar-refractivity contribution is 5.95. The number of aryl methyl sites for hydroxylation is 1. The second-order valence-corrected chi connectivity index (χ2v) is 5.77. The molecule has 0 saturated carbocycles. The minimum Gasteiger partial charge on any atom is -0.384 e. The first-order valence-electron chi connectivity index (χ1n) is 7.31. The lowest BCUT2D eigenvalue weighted by atomic mass is 9.96. The summed E-state index contributed by atoms with van der Waals surface area (Å²) < 4.78 is 0. The predicted octanol–water partition coefficient (Wildman–Crippen LogP) is 4.16. The molecule has 0 spiro atoms. The molecule has 1 aromatic heterocycles. The van der Waals surface area contributed by atoms with Gasteiger partial charge in [0.1, 0.15) is 0 Å². The fourth-order valence-corrected chi connectivity index (χ4v) is 2.74. The average molecular weight is 271 g/mol. The number of fused-ring (bicyclic) bond motifs is 1. The van der Waals surface area contributed by atoms with Gasteiger partial charge in [-0.05, 0) is 43.5 Å². The molecule has 0 unspecified atom stereocenters. The van der Waals surface area contributed by atoms with Crippen LogP contribution in [0.3, 0.4) is 0 Å². The van der Waals surface area contributed by atoms with Crippen molar-refractivity contribution in [2.75, 3.05) is 30.9 Å². The normalized spacial score (nSPS) is 11.2. The van der Waals surface area contributed by atoms with E-state index in [4.69, 9.17) is 4.98 Å². The summed E-state index contributed by atoms with van der Waals surface area (Å²) in [6.07, 6.45) is 0. The van der Waals surface area contributed by atoms with Gasteiger partial charge in [-0.1, -0.05) is 13.8 Å². The Morgan fingerprint density at radius 3 is 2.50 bits per heavy atom. The van der Waals surface area contributed by atoms with Crippen molar-refractivity contribution in [1.29, 1.82) is 0 Å². The number of nitrogens with zero attached hydrogens (tertiary/aromatic N) is 2. The molecule has 3 nitrogen and oxygen atoms in total. The topological polar surface area (TPSA) is 28.2 Å². The van der Waals surface area contributed by atoms with Crippen molar-refractivity contribution in [3.63, 3.8) is 0 Å². The lowest BCUT2D eigenvalue weighted by Crippen LogP contribution is -2.10. The van der Waals surface area contributed by atoms with Gasteiger partial charge in [-0.15, -0.1) is 0 Å². The van der Waals surface area contributed by atoms with Gasteiger partial charge >= 0.3 is 0 Å². The van der Waals surface area contributed by atoms with Crippen LogP contribution in [-0.2, 0) is 0 Å². The molecule has 3 heteroatoms. The summed E-state index contributed by atoms with van der Waals surface area (Å²) in [5.41, 5.74) is 5.97. The molecule has 0 radical (unpaired) electrons. The molecule has 0 aliphatic heterocycles. The first-order chi connectivity index (χ1) is 9.45. The first-order valence-corrected chi connectivity index (χ1v) is 7.31. The van der Waals surface area contributed by atoms with Crippen LogP contribution in [0.4, 0.5) is 11.4 Å². The molecule has 20 heavy (non-hydrogen) atoms. The van der Waals surface area contributed by atoms with Crippen molar-refractivity contribution in [3.8, 4) is 0 Å². The number of nitrogens with one attached hydrogen (secondary N) is 1. The van der Waals surface area contributed by atoms with Crippen LogP contribution in [0.15, 0.2) is 18.2 Å². The third-order valence-corrected chi connectivity index (χ3v) is 3.64. The van der Waals surface area contributed by atoms with Crippen molar-refractivity contribution in [2.24, 2.45) is 0 Å². The van der Waals surface area contributed by atoms with E-state index in [0.717, 1.165) is 17.8 Å². The minimum absolute atomic E-state index is 0.462. The zero-order valence-corrected chi connectivity index (χ0v) is 13.4. The first kappa shape index (κ1) is 14.6. The van der Waals surface area contributed by atoms with Gasteiger partial charge in [-0.25, -0.2) is 0 Å². The van der Waals surface area contributed by atoms with Gasteiger partial charge in [-0.2, -0.15) is 0 Å². The van der Waals surface area contributed by atoms with E-state index in [0.29, 0.717) is 5.92 Å². The third kappa shape index (κ3) is 2.58. The standard InChI is InChI=1S/C17H25N3/c1-7-18-17-14-10-13(20(5)6)8-9-15(14)19-12(4)16(17)11(2)3/h8-11H,7H2,1-6H3,(H,18,19). The van der Waals surface area contributed by atoms with Crippen molar-refractivity contribution in [2.45, 2.75) is 33.6 Å². The van der Waals surface area contributed by atoms with Crippen molar-refractivity contribution >= 4 is 22.3 Å². The molecule has 0 amide bonds. The second kappa shape index (κ2) is 5.70. The molecule has 0 aliphatic rings. The van der Waals surface area contributed by atoms with E-state index < -0.39 is 0 Å². The Labute approximate surface area is 122 Å². The molecule has 2 rings (SSSR count). The summed E-state index contributed by atoms with van der Waals surface area (Å²) in [7, 11) is 4.14. The van der Waals surface area contributed by atoms with Crippen molar-refractivity contribution in [1.82, 2.24) is 4.98 Å². The molecule has 0 aliphatic carbocycles. The van der Waals surface area contributed by atoms with E-state index in [-0.39, 0.29) is 0 Å². The van der Waals surface area contributed by atoms with E-state index >= 15 is 0 Å². The Balaban J connectivity index is 2.79. The van der Waals surface area contributed by atoms with Crippen LogP contribution in [0.1, 0.15) is 37.9 Å². The molecule has 1 heterocycles. The van der Waals surface area contributed by atoms with Gasteiger partial charge in [0.05, 0.1) is 5.52 Å². The molecular formula is C17H25N3. The van der Waals surface area contributed by atoms with Crippen molar-refractivity contribution < 1.29 is 0 Å². The lowest BCUT2D eigenvalue weighted by molar-refractivity contribution is 0.848. The van der Waals surface area contributed by atoms with Crippen LogP contribution in [-0.4, -0.2) is 25.6 Å².